The van der Waals surface area contributed by atoms with Gasteiger partial charge >= 0.3 is 5.97 Å². The Morgan fingerprint density at radius 1 is 1.38 bits per heavy atom. The number of unbranched alkanes of at least 4 members (excludes halogenated alkanes) is 1. The van der Waals surface area contributed by atoms with Gasteiger partial charge in [-0.15, -0.1) is 0 Å². The minimum Gasteiger partial charge on any atom is -0.478 e. The van der Waals surface area contributed by atoms with E-state index in [1.165, 1.54) is 11.1 Å². The summed E-state index contributed by atoms with van der Waals surface area (Å²) in [4.78, 5) is 23.8. The van der Waals surface area contributed by atoms with Crippen molar-refractivity contribution < 1.29 is 19.4 Å². The van der Waals surface area contributed by atoms with Gasteiger partial charge in [-0.05, 0) is 6.42 Å². The van der Waals surface area contributed by atoms with Gasteiger partial charge in [0.05, 0.1) is 0 Å². The van der Waals surface area contributed by atoms with Crippen LogP contribution in [0.5, 0.6) is 0 Å². The number of hydrogen-bond donors (Lipinski definition) is 1. The van der Waals surface area contributed by atoms with Gasteiger partial charge in [-0.2, -0.15) is 0 Å². The van der Waals surface area contributed by atoms with Gasteiger partial charge in [0.25, 0.3) is 0 Å². The molecule has 0 radical (unpaired) electrons. The SMILES string of the molecule is CCCCOCC(=O)/C(=C/N(C)C)C(=O)O. The fourth-order valence-corrected chi connectivity index (χ4v) is 0.994. The summed E-state index contributed by atoms with van der Waals surface area (Å²) in [5.74, 6) is -1.73. The zero-order chi connectivity index (χ0) is 12.6. The summed E-state index contributed by atoms with van der Waals surface area (Å²) in [6, 6.07) is 0. The van der Waals surface area contributed by atoms with Crippen molar-refractivity contribution in [1.82, 2.24) is 4.90 Å². The van der Waals surface area contributed by atoms with Crippen LogP contribution in [0.2, 0.25) is 0 Å². The molecular weight excluding hydrogens is 210 g/mol. The van der Waals surface area contributed by atoms with Crippen molar-refractivity contribution in [1.29, 1.82) is 0 Å². The first-order valence-corrected chi connectivity index (χ1v) is 5.21. The topological polar surface area (TPSA) is 66.8 Å². The molecule has 0 amide bonds. The quantitative estimate of drug-likeness (QED) is 0.290. The summed E-state index contributed by atoms with van der Waals surface area (Å²) < 4.78 is 5.08. The first kappa shape index (κ1) is 14.6. The van der Waals surface area contributed by atoms with Crippen molar-refractivity contribution in [2.24, 2.45) is 0 Å². The van der Waals surface area contributed by atoms with E-state index in [2.05, 4.69) is 0 Å². The molecule has 0 aliphatic rings. The molecule has 0 rings (SSSR count). The predicted molar refractivity (Wildman–Crippen MR) is 60.1 cm³/mol. The van der Waals surface area contributed by atoms with Crippen molar-refractivity contribution in [3.8, 4) is 0 Å². The van der Waals surface area contributed by atoms with Crippen molar-refractivity contribution in [3.63, 3.8) is 0 Å². The number of Topliss-reactive ketones (excluding diaryl/α,β-unsaturated/α-hetero) is 1. The summed E-state index contributed by atoms with van der Waals surface area (Å²) in [5.41, 5.74) is -0.249. The Morgan fingerprint density at radius 2 is 2.00 bits per heavy atom. The van der Waals surface area contributed by atoms with E-state index in [4.69, 9.17) is 9.84 Å². The van der Waals surface area contributed by atoms with Crippen LogP contribution in [0, 0.1) is 0 Å². The number of carbonyl (C=O) groups excluding carboxylic acids is 1. The summed E-state index contributed by atoms with van der Waals surface area (Å²) in [6.45, 7) is 2.32. The van der Waals surface area contributed by atoms with Gasteiger partial charge < -0.3 is 14.7 Å². The monoisotopic (exact) mass is 229 g/mol. The van der Waals surface area contributed by atoms with Crippen molar-refractivity contribution in [3.05, 3.63) is 11.8 Å². The molecule has 0 unspecified atom stereocenters. The number of rotatable bonds is 8. The van der Waals surface area contributed by atoms with Crippen molar-refractivity contribution in [2.75, 3.05) is 27.3 Å². The van der Waals surface area contributed by atoms with Gasteiger partial charge in [0, 0.05) is 26.9 Å². The second-order valence-electron chi connectivity index (χ2n) is 3.64. The molecule has 16 heavy (non-hydrogen) atoms. The van der Waals surface area contributed by atoms with Gasteiger partial charge in [-0.25, -0.2) is 4.79 Å². The fourth-order valence-electron chi connectivity index (χ4n) is 0.994. The van der Waals surface area contributed by atoms with Crippen LogP contribution in [-0.2, 0) is 14.3 Å². The summed E-state index contributed by atoms with van der Waals surface area (Å²) in [5, 5.41) is 8.82. The highest BCUT2D eigenvalue weighted by Gasteiger charge is 2.17. The zero-order valence-corrected chi connectivity index (χ0v) is 10.0. The molecule has 0 spiro atoms. The smallest absolute Gasteiger partial charge is 0.340 e. The molecule has 0 bridgehead atoms. The van der Waals surface area contributed by atoms with Gasteiger partial charge in [0.1, 0.15) is 12.2 Å². The largest absolute Gasteiger partial charge is 0.478 e. The van der Waals surface area contributed by atoms with E-state index >= 15 is 0 Å². The third-order valence-corrected chi connectivity index (χ3v) is 1.79. The van der Waals surface area contributed by atoms with Gasteiger partial charge in [-0.1, -0.05) is 13.3 Å². The second-order valence-corrected chi connectivity index (χ2v) is 3.64. The van der Waals surface area contributed by atoms with E-state index in [0.29, 0.717) is 6.61 Å². The molecule has 0 aromatic carbocycles. The Balaban J connectivity index is 4.25. The number of carboxylic acid groups (broad SMARTS) is 1. The molecule has 5 nitrogen and oxygen atoms in total. The molecule has 0 aliphatic heterocycles. The molecule has 0 aliphatic carbocycles. The molecule has 0 saturated heterocycles. The average molecular weight is 229 g/mol. The Bertz CT molecular complexity index is 271. The highest BCUT2D eigenvalue weighted by atomic mass is 16.5. The van der Waals surface area contributed by atoms with Crippen LogP contribution in [0.4, 0.5) is 0 Å². The summed E-state index contributed by atoms with van der Waals surface area (Å²) >= 11 is 0. The molecule has 0 aromatic heterocycles. The number of nitrogens with zero attached hydrogens (tertiary/aromatic N) is 1. The molecule has 0 heterocycles. The minimum atomic E-state index is -1.22. The summed E-state index contributed by atoms with van der Waals surface area (Å²) in [7, 11) is 3.32. The van der Waals surface area contributed by atoms with E-state index in [1.54, 1.807) is 14.1 Å². The zero-order valence-electron chi connectivity index (χ0n) is 10.0. The highest BCUT2D eigenvalue weighted by molar-refractivity contribution is 6.17. The second kappa shape index (κ2) is 7.87. The van der Waals surface area contributed by atoms with Crippen LogP contribution in [0.25, 0.3) is 0 Å². The van der Waals surface area contributed by atoms with E-state index in [1.807, 2.05) is 6.92 Å². The molecule has 0 atom stereocenters. The lowest BCUT2D eigenvalue weighted by molar-refractivity contribution is -0.135. The van der Waals surface area contributed by atoms with E-state index < -0.39 is 11.8 Å². The summed E-state index contributed by atoms with van der Waals surface area (Å²) in [6.07, 6.45) is 3.13. The molecule has 5 heteroatoms. The first-order chi connectivity index (χ1) is 7.49. The third kappa shape index (κ3) is 6.19. The maximum Gasteiger partial charge on any atom is 0.340 e. The van der Waals surface area contributed by atoms with Crippen LogP contribution < -0.4 is 0 Å². The Kier molecular flexibility index (Phi) is 7.20. The highest BCUT2D eigenvalue weighted by Crippen LogP contribution is 2.00. The number of hydrogen-bond acceptors (Lipinski definition) is 4. The standard InChI is InChI=1S/C11H19NO4/c1-4-5-6-16-8-10(13)9(11(14)15)7-12(2)3/h7H,4-6,8H2,1-3H3,(H,14,15)/b9-7-. The van der Waals surface area contributed by atoms with Gasteiger partial charge in [0.15, 0.2) is 5.78 Å². The fraction of sp³-hybridized carbons (Fsp3) is 0.636. The van der Waals surface area contributed by atoms with Crippen molar-refractivity contribution >= 4 is 11.8 Å². The lowest BCUT2D eigenvalue weighted by Crippen LogP contribution is -2.20. The average Bonchev–Trinajstić information content (AvgIpc) is 2.20. The lowest BCUT2D eigenvalue weighted by atomic mass is 10.2. The first-order valence-electron chi connectivity index (χ1n) is 5.21. The normalized spacial score (nSPS) is 11.3. The van der Waals surface area contributed by atoms with E-state index in [9.17, 15) is 9.59 Å². The van der Waals surface area contributed by atoms with Crippen molar-refractivity contribution in [2.45, 2.75) is 19.8 Å². The van der Waals surface area contributed by atoms with Crippen LogP contribution >= 0.6 is 0 Å². The van der Waals surface area contributed by atoms with Crippen LogP contribution in [0.3, 0.4) is 0 Å². The van der Waals surface area contributed by atoms with E-state index in [-0.39, 0.29) is 12.2 Å². The molecule has 0 saturated carbocycles. The lowest BCUT2D eigenvalue weighted by Gasteiger charge is -2.08. The Labute approximate surface area is 95.7 Å². The van der Waals surface area contributed by atoms with E-state index in [0.717, 1.165) is 12.8 Å². The van der Waals surface area contributed by atoms with Crippen LogP contribution in [-0.4, -0.2) is 49.1 Å². The molecule has 0 fully saturated rings. The molecule has 92 valence electrons. The third-order valence-electron chi connectivity index (χ3n) is 1.79. The number of carboxylic acids is 1. The molecule has 0 aromatic rings. The number of carbonyl (C=O) groups is 2. The Morgan fingerprint density at radius 3 is 2.44 bits per heavy atom. The van der Waals surface area contributed by atoms with Gasteiger partial charge in [-0.3, -0.25) is 4.79 Å². The Hall–Kier alpha value is -1.36. The number of ether oxygens (including phenoxy) is 1. The maximum absolute atomic E-state index is 11.5. The predicted octanol–water partition coefficient (Wildman–Crippen LogP) is 0.902. The van der Waals surface area contributed by atoms with Gasteiger partial charge in [0.2, 0.25) is 0 Å². The minimum absolute atomic E-state index is 0.175. The molecular formula is C11H19NO4. The number of aliphatic carboxylic acids is 1. The van der Waals surface area contributed by atoms with Crippen LogP contribution in [0.1, 0.15) is 19.8 Å². The van der Waals surface area contributed by atoms with Crippen LogP contribution in [0.15, 0.2) is 11.8 Å². The number of ketones is 1. The molecule has 1 N–H and O–H groups in total. The maximum atomic E-state index is 11.5.